The summed E-state index contributed by atoms with van der Waals surface area (Å²) in [5.74, 6) is 1.16. The average Bonchev–Trinajstić information content (AvgIpc) is 2.87. The highest BCUT2D eigenvalue weighted by molar-refractivity contribution is 5.71. The van der Waals surface area contributed by atoms with Crippen molar-refractivity contribution in [2.24, 2.45) is 0 Å². The summed E-state index contributed by atoms with van der Waals surface area (Å²) in [6.45, 7) is 12.4. The van der Waals surface area contributed by atoms with Crippen molar-refractivity contribution in [2.45, 2.75) is 65.0 Å². The highest BCUT2D eigenvalue weighted by Gasteiger charge is 2.27. The molecular formula is C18H28N4. The summed E-state index contributed by atoms with van der Waals surface area (Å²) >= 11 is 0. The molecule has 22 heavy (non-hydrogen) atoms. The Bertz CT molecular complexity index is 638. The minimum atomic E-state index is 0.0341. The number of hydrogen-bond donors (Lipinski definition) is 0. The Hall–Kier alpha value is -1.42. The molecule has 0 radical (unpaired) electrons. The van der Waals surface area contributed by atoms with Gasteiger partial charge in [-0.1, -0.05) is 34.1 Å². The molecule has 0 aromatic carbocycles. The second kappa shape index (κ2) is 5.99. The molecule has 1 saturated heterocycles. The van der Waals surface area contributed by atoms with E-state index in [1.807, 2.05) is 12.3 Å². The summed E-state index contributed by atoms with van der Waals surface area (Å²) in [5, 5.41) is 0. The minimum Gasteiger partial charge on any atom is -0.311 e. The topological polar surface area (TPSA) is 34.0 Å². The van der Waals surface area contributed by atoms with Crippen LogP contribution < -0.4 is 0 Å². The number of hydrogen-bond acceptors (Lipinski definition) is 3. The molecule has 1 unspecified atom stereocenters. The molecule has 1 atom stereocenters. The lowest BCUT2D eigenvalue weighted by molar-refractivity contribution is 0.139. The maximum absolute atomic E-state index is 4.88. The summed E-state index contributed by atoms with van der Waals surface area (Å²) in [6.07, 6.45) is 5.83. The molecule has 0 N–H and O–H groups in total. The lowest BCUT2D eigenvalue weighted by atomic mass is 9.95. The zero-order chi connectivity index (χ0) is 15.7. The SMILES string of the molecule is CCN1CCCCC1Cn1c(C(C)(C)C)nc2cccnc21. The number of imidazole rings is 1. The predicted octanol–water partition coefficient (Wildman–Crippen LogP) is 3.60. The van der Waals surface area contributed by atoms with Crippen LogP contribution in [0, 0.1) is 0 Å². The van der Waals surface area contributed by atoms with Crippen LogP contribution in [-0.4, -0.2) is 38.6 Å². The van der Waals surface area contributed by atoms with Gasteiger partial charge in [-0.2, -0.15) is 0 Å². The van der Waals surface area contributed by atoms with Crippen LogP contribution in [0.5, 0.6) is 0 Å². The van der Waals surface area contributed by atoms with E-state index in [2.05, 4.69) is 48.2 Å². The first-order valence-electron chi connectivity index (χ1n) is 8.56. The maximum Gasteiger partial charge on any atom is 0.160 e. The molecule has 1 fully saturated rings. The van der Waals surface area contributed by atoms with Gasteiger partial charge < -0.3 is 4.57 Å². The normalized spacial score (nSPS) is 20.6. The predicted molar refractivity (Wildman–Crippen MR) is 91.1 cm³/mol. The van der Waals surface area contributed by atoms with Gasteiger partial charge >= 0.3 is 0 Å². The number of pyridine rings is 1. The number of likely N-dealkylation sites (N-methyl/N-ethyl adjacent to an activating group) is 1. The number of likely N-dealkylation sites (tertiary alicyclic amines) is 1. The van der Waals surface area contributed by atoms with Crippen molar-refractivity contribution in [1.82, 2.24) is 19.4 Å². The Balaban J connectivity index is 2.01. The van der Waals surface area contributed by atoms with E-state index in [9.17, 15) is 0 Å². The van der Waals surface area contributed by atoms with Gasteiger partial charge in [-0.3, -0.25) is 4.90 Å². The van der Waals surface area contributed by atoms with Crippen LogP contribution in [0.15, 0.2) is 18.3 Å². The summed E-state index contributed by atoms with van der Waals surface area (Å²) < 4.78 is 2.37. The Labute approximate surface area is 133 Å². The molecule has 0 amide bonds. The monoisotopic (exact) mass is 300 g/mol. The zero-order valence-corrected chi connectivity index (χ0v) is 14.3. The molecule has 0 aliphatic carbocycles. The van der Waals surface area contributed by atoms with E-state index in [0.29, 0.717) is 6.04 Å². The van der Waals surface area contributed by atoms with Crippen molar-refractivity contribution >= 4 is 11.2 Å². The molecule has 1 aliphatic rings. The fourth-order valence-corrected chi connectivity index (χ4v) is 3.60. The number of nitrogens with zero attached hydrogens (tertiary/aromatic N) is 4. The first-order chi connectivity index (χ1) is 10.5. The third-order valence-electron chi connectivity index (χ3n) is 4.72. The molecule has 0 spiro atoms. The van der Waals surface area contributed by atoms with Gasteiger partial charge in [-0.25, -0.2) is 9.97 Å². The van der Waals surface area contributed by atoms with Gasteiger partial charge in [-0.05, 0) is 38.1 Å². The second-order valence-electron chi connectivity index (χ2n) is 7.42. The number of piperidine rings is 1. The van der Waals surface area contributed by atoms with Gasteiger partial charge in [0.05, 0.1) is 0 Å². The van der Waals surface area contributed by atoms with Crippen LogP contribution in [0.1, 0.15) is 52.8 Å². The lowest BCUT2D eigenvalue weighted by Gasteiger charge is -2.36. The Morgan fingerprint density at radius 3 is 2.82 bits per heavy atom. The Morgan fingerprint density at radius 2 is 2.09 bits per heavy atom. The van der Waals surface area contributed by atoms with Crippen LogP contribution in [0.25, 0.3) is 11.2 Å². The maximum atomic E-state index is 4.88. The molecule has 4 heteroatoms. The van der Waals surface area contributed by atoms with E-state index in [-0.39, 0.29) is 5.41 Å². The van der Waals surface area contributed by atoms with E-state index < -0.39 is 0 Å². The minimum absolute atomic E-state index is 0.0341. The van der Waals surface area contributed by atoms with Crippen molar-refractivity contribution < 1.29 is 0 Å². The first kappa shape index (κ1) is 15.5. The van der Waals surface area contributed by atoms with Crippen molar-refractivity contribution in [3.05, 3.63) is 24.2 Å². The third-order valence-corrected chi connectivity index (χ3v) is 4.72. The van der Waals surface area contributed by atoms with Gasteiger partial charge in [0.15, 0.2) is 5.65 Å². The van der Waals surface area contributed by atoms with Gasteiger partial charge in [0.25, 0.3) is 0 Å². The van der Waals surface area contributed by atoms with E-state index >= 15 is 0 Å². The van der Waals surface area contributed by atoms with Gasteiger partial charge in [0, 0.05) is 24.2 Å². The number of rotatable bonds is 3. The summed E-state index contributed by atoms with van der Waals surface area (Å²) in [5.41, 5.74) is 2.09. The van der Waals surface area contributed by atoms with Crippen molar-refractivity contribution in [1.29, 1.82) is 0 Å². The molecule has 120 valence electrons. The quantitative estimate of drug-likeness (QED) is 0.868. The molecule has 0 saturated carbocycles. The van der Waals surface area contributed by atoms with Crippen molar-refractivity contribution in [3.8, 4) is 0 Å². The van der Waals surface area contributed by atoms with Gasteiger partial charge in [0.1, 0.15) is 11.3 Å². The van der Waals surface area contributed by atoms with Crippen LogP contribution in [0.2, 0.25) is 0 Å². The highest BCUT2D eigenvalue weighted by Crippen LogP contribution is 2.27. The summed E-state index contributed by atoms with van der Waals surface area (Å²) in [4.78, 5) is 12.1. The highest BCUT2D eigenvalue weighted by atomic mass is 15.2. The molecule has 0 bridgehead atoms. The summed E-state index contributed by atoms with van der Waals surface area (Å²) in [7, 11) is 0. The van der Waals surface area contributed by atoms with Crippen molar-refractivity contribution in [3.63, 3.8) is 0 Å². The number of fused-ring (bicyclic) bond motifs is 1. The van der Waals surface area contributed by atoms with E-state index in [4.69, 9.17) is 4.98 Å². The fraction of sp³-hybridized carbons (Fsp3) is 0.667. The van der Waals surface area contributed by atoms with Crippen LogP contribution in [-0.2, 0) is 12.0 Å². The van der Waals surface area contributed by atoms with E-state index in [1.54, 1.807) is 0 Å². The van der Waals surface area contributed by atoms with Crippen LogP contribution in [0.3, 0.4) is 0 Å². The molecule has 2 aromatic heterocycles. The molecular weight excluding hydrogens is 272 g/mol. The molecule has 3 heterocycles. The average molecular weight is 300 g/mol. The molecule has 2 aromatic rings. The molecule has 4 nitrogen and oxygen atoms in total. The molecule has 3 rings (SSSR count). The van der Waals surface area contributed by atoms with Gasteiger partial charge in [0.2, 0.25) is 0 Å². The molecule has 1 aliphatic heterocycles. The second-order valence-corrected chi connectivity index (χ2v) is 7.42. The van der Waals surface area contributed by atoms with Crippen LogP contribution >= 0.6 is 0 Å². The van der Waals surface area contributed by atoms with E-state index in [1.165, 1.54) is 25.8 Å². The lowest BCUT2D eigenvalue weighted by Crippen LogP contribution is -2.42. The smallest absolute Gasteiger partial charge is 0.160 e. The van der Waals surface area contributed by atoms with E-state index in [0.717, 1.165) is 30.1 Å². The Kier molecular flexibility index (Phi) is 4.22. The van der Waals surface area contributed by atoms with Crippen molar-refractivity contribution in [2.75, 3.05) is 13.1 Å². The summed E-state index contributed by atoms with van der Waals surface area (Å²) in [6, 6.07) is 4.66. The standard InChI is InChI=1S/C18H28N4/c1-5-21-12-7-6-9-14(21)13-22-16-15(10-8-11-19-16)20-17(22)18(2,3)4/h8,10-11,14H,5-7,9,12-13H2,1-4H3. The Morgan fingerprint density at radius 1 is 1.27 bits per heavy atom. The third kappa shape index (κ3) is 2.89. The van der Waals surface area contributed by atoms with Gasteiger partial charge in [-0.15, -0.1) is 0 Å². The fourth-order valence-electron chi connectivity index (χ4n) is 3.60. The zero-order valence-electron chi connectivity index (χ0n) is 14.3. The number of aromatic nitrogens is 3. The first-order valence-corrected chi connectivity index (χ1v) is 8.56. The largest absolute Gasteiger partial charge is 0.311 e. The van der Waals surface area contributed by atoms with Crippen LogP contribution in [0.4, 0.5) is 0 Å².